The summed E-state index contributed by atoms with van der Waals surface area (Å²) >= 11 is 0. The van der Waals surface area contributed by atoms with Gasteiger partial charge < -0.3 is 15.4 Å². The molecule has 1 aliphatic rings. The minimum Gasteiger partial charge on any atom is -0.494 e. The zero-order valence-corrected chi connectivity index (χ0v) is 14.6. The standard InChI is InChI=1S/C19H32N2O/c1-5-22-19-7-6-17(12-15(19)4)18(13-20)16-8-10-21(11-9-16)14(2)3/h6-7,12,14,16,18H,5,8-11,13,20H2,1-4H3. The van der Waals surface area contributed by atoms with Gasteiger partial charge in [-0.05, 0) is 89.2 Å². The van der Waals surface area contributed by atoms with Crippen molar-refractivity contribution in [1.29, 1.82) is 0 Å². The Bertz CT molecular complexity index is 465. The molecule has 1 saturated heterocycles. The maximum absolute atomic E-state index is 6.13. The van der Waals surface area contributed by atoms with E-state index >= 15 is 0 Å². The molecule has 1 heterocycles. The summed E-state index contributed by atoms with van der Waals surface area (Å²) in [6, 6.07) is 7.26. The lowest BCUT2D eigenvalue weighted by Gasteiger charge is -2.38. The highest BCUT2D eigenvalue weighted by Crippen LogP contribution is 2.34. The Hall–Kier alpha value is -1.06. The van der Waals surface area contributed by atoms with Gasteiger partial charge in [0.15, 0.2) is 0 Å². The van der Waals surface area contributed by atoms with Crippen LogP contribution in [0.5, 0.6) is 5.75 Å². The van der Waals surface area contributed by atoms with Crippen LogP contribution in [0.1, 0.15) is 50.7 Å². The van der Waals surface area contributed by atoms with E-state index in [2.05, 4.69) is 43.9 Å². The quantitative estimate of drug-likeness (QED) is 0.873. The van der Waals surface area contributed by atoms with Crippen LogP contribution in [0.2, 0.25) is 0 Å². The van der Waals surface area contributed by atoms with Crippen molar-refractivity contribution < 1.29 is 4.74 Å². The van der Waals surface area contributed by atoms with Gasteiger partial charge in [0.1, 0.15) is 5.75 Å². The van der Waals surface area contributed by atoms with Crippen LogP contribution < -0.4 is 10.5 Å². The number of nitrogens with zero attached hydrogens (tertiary/aromatic N) is 1. The highest BCUT2D eigenvalue weighted by Gasteiger charge is 2.27. The molecule has 3 nitrogen and oxygen atoms in total. The molecule has 1 atom stereocenters. The van der Waals surface area contributed by atoms with Crippen LogP contribution >= 0.6 is 0 Å². The highest BCUT2D eigenvalue weighted by atomic mass is 16.5. The third-order valence-corrected chi connectivity index (χ3v) is 5.05. The summed E-state index contributed by atoms with van der Waals surface area (Å²) < 4.78 is 5.65. The van der Waals surface area contributed by atoms with E-state index in [1.807, 2.05) is 6.92 Å². The van der Waals surface area contributed by atoms with Crippen molar-refractivity contribution in [1.82, 2.24) is 4.90 Å². The second-order valence-corrected chi connectivity index (χ2v) is 6.77. The van der Waals surface area contributed by atoms with Gasteiger partial charge in [0.25, 0.3) is 0 Å². The number of likely N-dealkylation sites (tertiary alicyclic amines) is 1. The molecule has 0 bridgehead atoms. The molecule has 3 heteroatoms. The van der Waals surface area contributed by atoms with Crippen LogP contribution in [0.15, 0.2) is 18.2 Å². The van der Waals surface area contributed by atoms with Gasteiger partial charge in [-0.3, -0.25) is 0 Å². The number of hydrogen-bond acceptors (Lipinski definition) is 3. The zero-order valence-electron chi connectivity index (χ0n) is 14.6. The summed E-state index contributed by atoms with van der Waals surface area (Å²) in [6.45, 7) is 12.6. The van der Waals surface area contributed by atoms with Gasteiger partial charge in [-0.1, -0.05) is 12.1 Å². The van der Waals surface area contributed by atoms with Crippen LogP contribution in [0.25, 0.3) is 0 Å². The third kappa shape index (κ3) is 4.02. The minimum absolute atomic E-state index is 0.476. The molecule has 124 valence electrons. The van der Waals surface area contributed by atoms with Gasteiger partial charge >= 0.3 is 0 Å². The van der Waals surface area contributed by atoms with E-state index in [0.717, 1.165) is 12.3 Å². The van der Waals surface area contributed by atoms with E-state index in [1.54, 1.807) is 0 Å². The molecule has 0 aromatic heterocycles. The number of nitrogens with two attached hydrogens (primary N) is 1. The first-order valence-corrected chi connectivity index (χ1v) is 8.74. The van der Waals surface area contributed by atoms with Gasteiger partial charge in [-0.25, -0.2) is 0 Å². The molecule has 1 fully saturated rings. The van der Waals surface area contributed by atoms with E-state index in [4.69, 9.17) is 10.5 Å². The smallest absolute Gasteiger partial charge is 0.122 e. The maximum Gasteiger partial charge on any atom is 0.122 e. The number of hydrogen-bond donors (Lipinski definition) is 1. The summed E-state index contributed by atoms with van der Waals surface area (Å²) in [5.74, 6) is 2.18. The summed E-state index contributed by atoms with van der Waals surface area (Å²) in [5.41, 5.74) is 8.73. The first-order chi connectivity index (χ1) is 10.6. The molecule has 1 aromatic rings. The maximum atomic E-state index is 6.13. The molecular formula is C19H32N2O. The molecule has 1 aromatic carbocycles. The largest absolute Gasteiger partial charge is 0.494 e. The van der Waals surface area contributed by atoms with E-state index in [0.29, 0.717) is 24.5 Å². The zero-order chi connectivity index (χ0) is 16.1. The Morgan fingerprint density at radius 3 is 2.45 bits per heavy atom. The highest BCUT2D eigenvalue weighted by molar-refractivity contribution is 5.38. The number of rotatable bonds is 6. The molecule has 0 amide bonds. The second-order valence-electron chi connectivity index (χ2n) is 6.77. The first kappa shape index (κ1) is 17.3. The molecule has 0 aliphatic carbocycles. The SMILES string of the molecule is CCOc1ccc(C(CN)C2CCN(C(C)C)CC2)cc1C. The average molecular weight is 304 g/mol. The molecule has 2 rings (SSSR count). The van der Waals surface area contributed by atoms with Gasteiger partial charge in [-0.15, -0.1) is 0 Å². The van der Waals surface area contributed by atoms with Crippen LogP contribution in [0, 0.1) is 12.8 Å². The van der Waals surface area contributed by atoms with Crippen LogP contribution in [0.3, 0.4) is 0 Å². The predicted octanol–water partition coefficient (Wildman–Crippen LogP) is 3.56. The molecule has 0 saturated carbocycles. The molecule has 1 unspecified atom stereocenters. The minimum atomic E-state index is 0.476. The van der Waals surface area contributed by atoms with Crippen LogP contribution in [-0.4, -0.2) is 37.2 Å². The van der Waals surface area contributed by atoms with Crippen molar-refractivity contribution in [3.63, 3.8) is 0 Å². The van der Waals surface area contributed by atoms with Crippen LogP contribution in [0.4, 0.5) is 0 Å². The van der Waals surface area contributed by atoms with Gasteiger partial charge in [0.05, 0.1) is 6.61 Å². The number of piperidine rings is 1. The summed E-state index contributed by atoms with van der Waals surface area (Å²) in [6.07, 6.45) is 2.51. The topological polar surface area (TPSA) is 38.5 Å². The summed E-state index contributed by atoms with van der Waals surface area (Å²) in [7, 11) is 0. The van der Waals surface area contributed by atoms with E-state index < -0.39 is 0 Å². The van der Waals surface area contributed by atoms with E-state index in [-0.39, 0.29) is 0 Å². The van der Waals surface area contributed by atoms with Crippen molar-refractivity contribution in [3.8, 4) is 5.75 Å². The van der Waals surface area contributed by atoms with E-state index in [9.17, 15) is 0 Å². The molecular weight excluding hydrogens is 272 g/mol. The van der Waals surface area contributed by atoms with Gasteiger partial charge in [0.2, 0.25) is 0 Å². The van der Waals surface area contributed by atoms with E-state index in [1.165, 1.54) is 37.1 Å². The molecule has 2 N–H and O–H groups in total. The Kier molecular flexibility index (Phi) is 6.27. The predicted molar refractivity (Wildman–Crippen MR) is 93.6 cm³/mol. The summed E-state index contributed by atoms with van der Waals surface area (Å²) in [4.78, 5) is 2.58. The van der Waals surface area contributed by atoms with Crippen LogP contribution in [-0.2, 0) is 0 Å². The molecule has 1 aliphatic heterocycles. The number of ether oxygens (including phenoxy) is 1. The summed E-state index contributed by atoms with van der Waals surface area (Å²) in [5, 5.41) is 0. The van der Waals surface area contributed by atoms with Crippen molar-refractivity contribution in [3.05, 3.63) is 29.3 Å². The van der Waals surface area contributed by atoms with Gasteiger partial charge in [-0.2, -0.15) is 0 Å². The number of aryl methyl sites for hydroxylation is 1. The lowest BCUT2D eigenvalue weighted by Crippen LogP contribution is -2.40. The fourth-order valence-electron chi connectivity index (χ4n) is 3.66. The lowest BCUT2D eigenvalue weighted by molar-refractivity contribution is 0.138. The monoisotopic (exact) mass is 304 g/mol. The normalized spacial score (nSPS) is 18.6. The fraction of sp³-hybridized carbons (Fsp3) is 0.684. The second kappa shape index (κ2) is 7.98. The van der Waals surface area contributed by atoms with Crippen molar-refractivity contribution >= 4 is 0 Å². The Labute approximate surface area is 135 Å². The Morgan fingerprint density at radius 1 is 1.27 bits per heavy atom. The Morgan fingerprint density at radius 2 is 1.95 bits per heavy atom. The lowest BCUT2D eigenvalue weighted by atomic mass is 9.79. The third-order valence-electron chi connectivity index (χ3n) is 5.05. The fourth-order valence-corrected chi connectivity index (χ4v) is 3.66. The number of benzene rings is 1. The first-order valence-electron chi connectivity index (χ1n) is 8.74. The van der Waals surface area contributed by atoms with Gasteiger partial charge in [0, 0.05) is 6.04 Å². The Balaban J connectivity index is 2.07. The molecule has 22 heavy (non-hydrogen) atoms. The molecule has 0 radical (unpaired) electrons. The van der Waals surface area contributed by atoms with Crippen molar-refractivity contribution in [2.24, 2.45) is 11.7 Å². The van der Waals surface area contributed by atoms with Crippen molar-refractivity contribution in [2.45, 2.75) is 52.5 Å². The van der Waals surface area contributed by atoms with Crippen molar-refractivity contribution in [2.75, 3.05) is 26.2 Å². The average Bonchev–Trinajstić information content (AvgIpc) is 2.51. The molecule has 0 spiro atoms.